The van der Waals surface area contributed by atoms with Crippen molar-refractivity contribution in [2.75, 3.05) is 19.8 Å². The van der Waals surface area contributed by atoms with Crippen LogP contribution in [0.4, 0.5) is 0 Å². The van der Waals surface area contributed by atoms with Crippen LogP contribution in [0.1, 0.15) is 31.4 Å². The fraction of sp³-hybridized carbons (Fsp3) is 0.333. The molecule has 0 aromatic heterocycles. The SMILES string of the molecule is CC(C)OCCCNC(=O)[C@@H](Cc1ccccc1)N(Cc1ccccc1)C(=O)COc1ccccc1. The Balaban J connectivity index is 1.79. The molecular formula is C30H36N2O4. The van der Waals surface area contributed by atoms with Gasteiger partial charge in [0.2, 0.25) is 5.91 Å². The van der Waals surface area contributed by atoms with E-state index in [1.54, 1.807) is 4.90 Å². The maximum atomic E-state index is 13.5. The van der Waals surface area contributed by atoms with Gasteiger partial charge in [-0.05, 0) is 43.5 Å². The Kier molecular flexibility index (Phi) is 11.0. The molecule has 0 aliphatic rings. The first-order valence-corrected chi connectivity index (χ1v) is 12.5. The summed E-state index contributed by atoms with van der Waals surface area (Å²) < 4.78 is 11.3. The number of benzene rings is 3. The second kappa shape index (κ2) is 14.7. The predicted molar refractivity (Wildman–Crippen MR) is 142 cm³/mol. The minimum Gasteiger partial charge on any atom is -0.484 e. The minimum atomic E-state index is -0.689. The minimum absolute atomic E-state index is 0.148. The van der Waals surface area contributed by atoms with Crippen LogP contribution in [-0.2, 0) is 27.3 Å². The molecule has 0 fully saturated rings. The van der Waals surface area contributed by atoms with E-state index in [1.807, 2.05) is 105 Å². The zero-order valence-electron chi connectivity index (χ0n) is 21.1. The second-order valence-corrected chi connectivity index (χ2v) is 8.88. The van der Waals surface area contributed by atoms with Gasteiger partial charge in [0.05, 0.1) is 6.10 Å². The van der Waals surface area contributed by atoms with Crippen LogP contribution in [0.2, 0.25) is 0 Å². The summed E-state index contributed by atoms with van der Waals surface area (Å²) in [5.74, 6) is 0.175. The van der Waals surface area contributed by atoms with Gasteiger partial charge in [0.1, 0.15) is 11.8 Å². The van der Waals surface area contributed by atoms with Crippen molar-refractivity contribution in [3.63, 3.8) is 0 Å². The summed E-state index contributed by atoms with van der Waals surface area (Å²) in [6.45, 7) is 5.17. The van der Waals surface area contributed by atoms with E-state index in [4.69, 9.17) is 9.47 Å². The van der Waals surface area contributed by atoms with E-state index < -0.39 is 6.04 Å². The number of hydrogen-bond donors (Lipinski definition) is 1. The van der Waals surface area contributed by atoms with E-state index in [-0.39, 0.29) is 24.5 Å². The van der Waals surface area contributed by atoms with Gasteiger partial charge in [0.25, 0.3) is 5.91 Å². The Hall–Kier alpha value is -3.64. The van der Waals surface area contributed by atoms with Crippen LogP contribution in [0.3, 0.4) is 0 Å². The van der Waals surface area contributed by atoms with Crippen molar-refractivity contribution in [2.45, 2.75) is 45.4 Å². The molecule has 3 aromatic carbocycles. The lowest BCUT2D eigenvalue weighted by Crippen LogP contribution is -2.52. The van der Waals surface area contributed by atoms with Crippen LogP contribution in [0, 0.1) is 0 Å². The van der Waals surface area contributed by atoms with Crippen molar-refractivity contribution in [1.82, 2.24) is 10.2 Å². The third-order valence-corrected chi connectivity index (χ3v) is 5.64. The third-order valence-electron chi connectivity index (χ3n) is 5.64. The Labute approximate surface area is 214 Å². The molecule has 3 rings (SSSR count). The summed E-state index contributed by atoms with van der Waals surface area (Å²) in [7, 11) is 0. The molecule has 0 saturated carbocycles. The smallest absolute Gasteiger partial charge is 0.261 e. The summed E-state index contributed by atoms with van der Waals surface area (Å²) in [5, 5.41) is 3.02. The molecule has 3 aromatic rings. The Morgan fingerprint density at radius 1 is 0.833 bits per heavy atom. The second-order valence-electron chi connectivity index (χ2n) is 8.88. The van der Waals surface area contributed by atoms with Gasteiger partial charge < -0.3 is 19.7 Å². The van der Waals surface area contributed by atoms with Crippen LogP contribution >= 0.6 is 0 Å². The number of para-hydroxylation sites is 1. The first-order valence-electron chi connectivity index (χ1n) is 12.5. The van der Waals surface area contributed by atoms with E-state index >= 15 is 0 Å². The molecule has 0 aliphatic carbocycles. The van der Waals surface area contributed by atoms with Crippen LogP contribution in [0.25, 0.3) is 0 Å². The molecule has 1 N–H and O–H groups in total. The lowest BCUT2D eigenvalue weighted by molar-refractivity contribution is -0.142. The van der Waals surface area contributed by atoms with E-state index in [2.05, 4.69) is 5.32 Å². The number of ether oxygens (including phenoxy) is 2. The summed E-state index contributed by atoms with van der Waals surface area (Å²) >= 11 is 0. The van der Waals surface area contributed by atoms with Gasteiger partial charge in [-0.3, -0.25) is 9.59 Å². The zero-order chi connectivity index (χ0) is 25.6. The monoisotopic (exact) mass is 488 g/mol. The number of amides is 2. The van der Waals surface area contributed by atoms with Crippen LogP contribution in [0.5, 0.6) is 5.75 Å². The molecule has 0 saturated heterocycles. The van der Waals surface area contributed by atoms with E-state index in [0.29, 0.717) is 38.3 Å². The van der Waals surface area contributed by atoms with Gasteiger partial charge in [-0.2, -0.15) is 0 Å². The molecule has 1 atom stereocenters. The van der Waals surface area contributed by atoms with E-state index in [1.165, 1.54) is 0 Å². The Morgan fingerprint density at radius 2 is 1.42 bits per heavy atom. The quantitative estimate of drug-likeness (QED) is 0.336. The third kappa shape index (κ3) is 9.19. The predicted octanol–water partition coefficient (Wildman–Crippen LogP) is 4.64. The summed E-state index contributed by atoms with van der Waals surface area (Å²) in [5.41, 5.74) is 1.93. The number of nitrogens with one attached hydrogen (secondary N) is 1. The van der Waals surface area contributed by atoms with Gasteiger partial charge >= 0.3 is 0 Å². The largest absolute Gasteiger partial charge is 0.484 e. The molecule has 36 heavy (non-hydrogen) atoms. The number of carbonyl (C=O) groups is 2. The van der Waals surface area contributed by atoms with E-state index in [9.17, 15) is 9.59 Å². The number of carbonyl (C=O) groups excluding carboxylic acids is 2. The Morgan fingerprint density at radius 3 is 2.03 bits per heavy atom. The highest BCUT2D eigenvalue weighted by molar-refractivity contribution is 5.88. The van der Waals surface area contributed by atoms with Crippen LogP contribution in [0.15, 0.2) is 91.0 Å². The molecule has 0 radical (unpaired) electrons. The highest BCUT2D eigenvalue weighted by Gasteiger charge is 2.30. The normalized spacial score (nSPS) is 11.6. The molecule has 190 valence electrons. The molecular weight excluding hydrogens is 452 g/mol. The lowest BCUT2D eigenvalue weighted by Gasteiger charge is -2.31. The highest BCUT2D eigenvalue weighted by Crippen LogP contribution is 2.16. The Bertz CT molecular complexity index is 1040. The maximum Gasteiger partial charge on any atom is 0.261 e. The van der Waals surface area contributed by atoms with Crippen LogP contribution in [-0.4, -0.2) is 48.6 Å². The first kappa shape index (κ1) is 27.0. The lowest BCUT2D eigenvalue weighted by atomic mass is 10.0. The molecule has 0 spiro atoms. The molecule has 0 aliphatic heterocycles. The zero-order valence-corrected chi connectivity index (χ0v) is 21.1. The molecule has 2 amide bonds. The van der Waals surface area contributed by atoms with Crippen molar-refractivity contribution in [2.24, 2.45) is 0 Å². The van der Waals surface area contributed by atoms with Gasteiger partial charge in [-0.25, -0.2) is 0 Å². The number of nitrogens with zero attached hydrogens (tertiary/aromatic N) is 1. The van der Waals surface area contributed by atoms with E-state index in [0.717, 1.165) is 11.1 Å². The van der Waals surface area contributed by atoms with Crippen molar-refractivity contribution >= 4 is 11.8 Å². The molecule has 0 bridgehead atoms. The number of rotatable bonds is 14. The van der Waals surface area contributed by atoms with Gasteiger partial charge in [0.15, 0.2) is 6.61 Å². The molecule has 6 heteroatoms. The summed E-state index contributed by atoms with van der Waals surface area (Å²) in [6.07, 6.45) is 1.25. The van der Waals surface area contributed by atoms with Crippen LogP contribution < -0.4 is 10.1 Å². The molecule has 0 heterocycles. The average Bonchev–Trinajstić information content (AvgIpc) is 2.90. The molecule has 0 unspecified atom stereocenters. The van der Waals surface area contributed by atoms with Gasteiger partial charge in [-0.15, -0.1) is 0 Å². The van der Waals surface area contributed by atoms with Gasteiger partial charge in [0, 0.05) is 26.1 Å². The fourth-order valence-corrected chi connectivity index (χ4v) is 3.80. The number of hydrogen-bond acceptors (Lipinski definition) is 4. The maximum absolute atomic E-state index is 13.5. The fourth-order valence-electron chi connectivity index (χ4n) is 3.80. The average molecular weight is 489 g/mol. The first-order chi connectivity index (χ1) is 17.5. The highest BCUT2D eigenvalue weighted by atomic mass is 16.5. The standard InChI is InChI=1S/C30H36N2O4/c1-24(2)35-20-12-19-31-30(34)28(21-25-13-6-3-7-14-25)32(22-26-15-8-4-9-16-26)29(33)23-36-27-17-10-5-11-18-27/h3-11,13-18,24,28H,12,19-23H2,1-2H3,(H,31,34)/t28-/m1/s1. The summed E-state index contributed by atoms with van der Waals surface area (Å²) in [6, 6.07) is 28.0. The van der Waals surface area contributed by atoms with Crippen molar-refractivity contribution < 1.29 is 19.1 Å². The molecule has 6 nitrogen and oxygen atoms in total. The summed E-state index contributed by atoms with van der Waals surface area (Å²) in [4.78, 5) is 28.6. The van der Waals surface area contributed by atoms with Gasteiger partial charge in [-0.1, -0.05) is 78.9 Å². The van der Waals surface area contributed by atoms with Crippen molar-refractivity contribution in [3.05, 3.63) is 102 Å². The van der Waals surface area contributed by atoms with Crippen molar-refractivity contribution in [3.8, 4) is 5.75 Å². The van der Waals surface area contributed by atoms with Crippen molar-refractivity contribution in [1.29, 1.82) is 0 Å². The topological polar surface area (TPSA) is 67.9 Å².